The van der Waals surface area contributed by atoms with Crippen molar-refractivity contribution in [2.75, 3.05) is 20.3 Å². The number of fused-ring (bicyclic) bond motifs is 1. The third-order valence-electron chi connectivity index (χ3n) is 4.96. The van der Waals surface area contributed by atoms with E-state index in [1.165, 1.54) is 24.0 Å². The first-order valence-electron chi connectivity index (χ1n) is 9.30. The van der Waals surface area contributed by atoms with Crippen LogP contribution in [0, 0.1) is 13.8 Å². The van der Waals surface area contributed by atoms with E-state index in [2.05, 4.69) is 16.9 Å². The van der Waals surface area contributed by atoms with E-state index in [0.29, 0.717) is 11.3 Å². The van der Waals surface area contributed by atoms with E-state index >= 15 is 0 Å². The van der Waals surface area contributed by atoms with E-state index in [0.717, 1.165) is 24.2 Å². The fourth-order valence-corrected chi connectivity index (χ4v) is 4.82. The lowest BCUT2D eigenvalue weighted by atomic mass is 9.92. The zero-order valence-electron chi connectivity index (χ0n) is 16.2. The highest BCUT2D eigenvalue weighted by atomic mass is 32.2. The van der Waals surface area contributed by atoms with Crippen molar-refractivity contribution in [2.24, 2.45) is 0 Å². The van der Waals surface area contributed by atoms with Crippen LogP contribution in [0.25, 0.3) is 0 Å². The lowest BCUT2D eigenvalue weighted by Gasteiger charge is -2.17. The molecule has 5 nitrogen and oxygen atoms in total. The molecule has 0 saturated heterocycles. The number of hydrogen-bond acceptors (Lipinski definition) is 4. The number of ether oxygens (including phenoxy) is 2. The second-order valence-corrected chi connectivity index (χ2v) is 8.71. The Hall–Kier alpha value is -2.05. The van der Waals surface area contributed by atoms with Crippen molar-refractivity contribution in [2.45, 2.75) is 44.4 Å². The first-order valence-corrected chi connectivity index (χ1v) is 10.8. The second-order valence-electron chi connectivity index (χ2n) is 6.97. The van der Waals surface area contributed by atoms with Gasteiger partial charge in [-0.3, -0.25) is 0 Å². The Balaban J connectivity index is 1.59. The lowest BCUT2D eigenvalue weighted by molar-refractivity contribution is 0.322. The highest BCUT2D eigenvalue weighted by molar-refractivity contribution is 7.89. The number of benzene rings is 2. The van der Waals surface area contributed by atoms with Gasteiger partial charge in [0, 0.05) is 6.54 Å². The summed E-state index contributed by atoms with van der Waals surface area (Å²) in [5.41, 5.74) is 4.19. The SMILES string of the molecule is COc1cc(C)c(S(=O)(=O)NCCOc2ccc3c(c2)CCCC3)cc1C. The molecule has 0 atom stereocenters. The molecule has 0 bridgehead atoms. The summed E-state index contributed by atoms with van der Waals surface area (Å²) in [5.74, 6) is 1.48. The average molecular weight is 390 g/mol. The molecule has 2 aromatic rings. The summed E-state index contributed by atoms with van der Waals surface area (Å²) in [5, 5.41) is 0. The molecule has 0 amide bonds. The van der Waals surface area contributed by atoms with Crippen LogP contribution in [0.1, 0.15) is 35.1 Å². The molecule has 6 heteroatoms. The van der Waals surface area contributed by atoms with Gasteiger partial charge in [0.2, 0.25) is 10.0 Å². The van der Waals surface area contributed by atoms with E-state index in [-0.39, 0.29) is 18.0 Å². The molecule has 0 aliphatic heterocycles. The molecule has 0 fully saturated rings. The molecule has 27 heavy (non-hydrogen) atoms. The van der Waals surface area contributed by atoms with Crippen molar-refractivity contribution in [1.82, 2.24) is 4.72 Å². The summed E-state index contributed by atoms with van der Waals surface area (Å²) >= 11 is 0. The zero-order chi connectivity index (χ0) is 19.4. The van der Waals surface area contributed by atoms with E-state index < -0.39 is 10.0 Å². The van der Waals surface area contributed by atoms with E-state index in [1.54, 1.807) is 26.2 Å². The largest absolute Gasteiger partial charge is 0.496 e. The Morgan fingerprint density at radius 3 is 2.48 bits per heavy atom. The van der Waals surface area contributed by atoms with E-state index in [1.807, 2.05) is 13.0 Å². The van der Waals surface area contributed by atoms with Crippen LogP contribution in [-0.2, 0) is 22.9 Å². The first-order chi connectivity index (χ1) is 12.9. The van der Waals surface area contributed by atoms with Gasteiger partial charge >= 0.3 is 0 Å². The molecule has 1 aliphatic rings. The second kappa shape index (κ2) is 8.31. The molecule has 1 aliphatic carbocycles. The molecule has 0 saturated carbocycles. The summed E-state index contributed by atoms with van der Waals surface area (Å²) in [6, 6.07) is 9.56. The maximum atomic E-state index is 12.6. The van der Waals surface area contributed by atoms with Crippen molar-refractivity contribution in [3.63, 3.8) is 0 Å². The van der Waals surface area contributed by atoms with Gasteiger partial charge in [-0.25, -0.2) is 13.1 Å². The van der Waals surface area contributed by atoms with Crippen LogP contribution in [0.5, 0.6) is 11.5 Å². The van der Waals surface area contributed by atoms with Crippen molar-refractivity contribution in [1.29, 1.82) is 0 Å². The van der Waals surface area contributed by atoms with Gasteiger partial charge in [-0.15, -0.1) is 0 Å². The third kappa shape index (κ3) is 4.62. The highest BCUT2D eigenvalue weighted by Crippen LogP contribution is 2.26. The molecular weight excluding hydrogens is 362 g/mol. The Bertz CT molecular complexity index is 922. The summed E-state index contributed by atoms with van der Waals surface area (Å²) in [4.78, 5) is 0.273. The van der Waals surface area contributed by atoms with Gasteiger partial charge in [-0.1, -0.05) is 6.07 Å². The molecular formula is C21H27NO4S. The minimum atomic E-state index is -3.59. The zero-order valence-corrected chi connectivity index (χ0v) is 17.0. The average Bonchev–Trinajstić information content (AvgIpc) is 2.66. The van der Waals surface area contributed by atoms with Crippen LogP contribution < -0.4 is 14.2 Å². The van der Waals surface area contributed by atoms with Gasteiger partial charge in [0.05, 0.1) is 12.0 Å². The smallest absolute Gasteiger partial charge is 0.240 e. The fraction of sp³-hybridized carbons (Fsp3) is 0.429. The lowest BCUT2D eigenvalue weighted by Crippen LogP contribution is -2.29. The molecule has 0 aromatic heterocycles. The molecule has 2 aromatic carbocycles. The summed E-state index contributed by atoms with van der Waals surface area (Å²) in [7, 11) is -2.02. The number of hydrogen-bond donors (Lipinski definition) is 1. The van der Waals surface area contributed by atoms with Gasteiger partial charge in [0.25, 0.3) is 0 Å². The standard InChI is InChI=1S/C21H27NO4S/c1-15-13-21(16(2)12-20(15)25-3)27(23,24)22-10-11-26-19-9-8-17-6-4-5-7-18(17)14-19/h8-9,12-14,22H,4-7,10-11H2,1-3H3. The Labute approximate surface area is 161 Å². The van der Waals surface area contributed by atoms with Crippen LogP contribution >= 0.6 is 0 Å². The van der Waals surface area contributed by atoms with E-state index in [9.17, 15) is 8.42 Å². The highest BCUT2D eigenvalue weighted by Gasteiger charge is 2.18. The fourth-order valence-electron chi connectivity index (χ4n) is 3.49. The Morgan fingerprint density at radius 1 is 1.00 bits per heavy atom. The Morgan fingerprint density at radius 2 is 1.74 bits per heavy atom. The molecule has 0 unspecified atom stereocenters. The number of sulfonamides is 1. The first kappa shape index (κ1) is 19.7. The number of methoxy groups -OCH3 is 1. The van der Waals surface area contributed by atoms with Gasteiger partial charge in [-0.05, 0) is 86.1 Å². The monoisotopic (exact) mass is 389 g/mol. The quantitative estimate of drug-likeness (QED) is 0.736. The van der Waals surface area contributed by atoms with Gasteiger partial charge < -0.3 is 9.47 Å². The third-order valence-corrected chi connectivity index (χ3v) is 6.57. The molecule has 3 rings (SSSR count). The minimum Gasteiger partial charge on any atom is -0.496 e. The van der Waals surface area contributed by atoms with Crippen molar-refractivity contribution in [3.05, 3.63) is 52.6 Å². The summed E-state index contributed by atoms with van der Waals surface area (Å²) in [6.07, 6.45) is 4.70. The molecule has 146 valence electrons. The normalized spacial score (nSPS) is 13.9. The molecule has 1 N–H and O–H groups in total. The van der Waals surface area contributed by atoms with Crippen molar-refractivity contribution in [3.8, 4) is 11.5 Å². The van der Waals surface area contributed by atoms with Crippen LogP contribution in [0.2, 0.25) is 0 Å². The molecule has 0 radical (unpaired) electrons. The predicted octanol–water partition coefficient (Wildman–Crippen LogP) is 3.55. The number of rotatable bonds is 7. The molecule has 0 spiro atoms. The number of aryl methyl sites for hydroxylation is 4. The van der Waals surface area contributed by atoms with E-state index in [4.69, 9.17) is 9.47 Å². The van der Waals surface area contributed by atoms with Gasteiger partial charge in [0.15, 0.2) is 0 Å². The topological polar surface area (TPSA) is 64.6 Å². The Kier molecular flexibility index (Phi) is 6.07. The maximum Gasteiger partial charge on any atom is 0.240 e. The summed E-state index contributed by atoms with van der Waals surface area (Å²) in [6.45, 7) is 4.09. The number of nitrogens with one attached hydrogen (secondary N) is 1. The van der Waals surface area contributed by atoms with Gasteiger partial charge in [-0.2, -0.15) is 0 Å². The van der Waals surface area contributed by atoms with Crippen molar-refractivity contribution >= 4 is 10.0 Å². The van der Waals surface area contributed by atoms with Crippen LogP contribution in [0.15, 0.2) is 35.2 Å². The maximum absolute atomic E-state index is 12.6. The van der Waals surface area contributed by atoms with Crippen LogP contribution in [0.3, 0.4) is 0 Å². The summed E-state index contributed by atoms with van der Waals surface area (Å²) < 4.78 is 38.8. The van der Waals surface area contributed by atoms with Crippen LogP contribution in [-0.4, -0.2) is 28.7 Å². The predicted molar refractivity (Wildman–Crippen MR) is 106 cm³/mol. The minimum absolute atomic E-state index is 0.212. The van der Waals surface area contributed by atoms with Crippen LogP contribution in [0.4, 0.5) is 0 Å². The molecule has 0 heterocycles. The van der Waals surface area contributed by atoms with Crippen molar-refractivity contribution < 1.29 is 17.9 Å². The van der Waals surface area contributed by atoms with Gasteiger partial charge in [0.1, 0.15) is 18.1 Å².